The van der Waals surface area contributed by atoms with Gasteiger partial charge in [-0.1, -0.05) is 24.9 Å². The topological polar surface area (TPSA) is 83.7 Å². The minimum Gasteiger partial charge on any atom is -0.386 e. The van der Waals surface area contributed by atoms with E-state index in [4.69, 9.17) is 11.6 Å². The number of nitro benzene ring substituents is 1. The van der Waals surface area contributed by atoms with Crippen LogP contribution in [-0.4, -0.2) is 39.5 Å². The monoisotopic (exact) mass is 298 g/mol. The van der Waals surface area contributed by atoms with Gasteiger partial charge in [0.25, 0.3) is 11.6 Å². The normalized spacial score (nSPS) is 16.6. The summed E-state index contributed by atoms with van der Waals surface area (Å²) in [6, 6.07) is 3.89. The summed E-state index contributed by atoms with van der Waals surface area (Å²) in [6.07, 6.45) is 1.50. The summed E-state index contributed by atoms with van der Waals surface area (Å²) < 4.78 is 0. The third kappa shape index (κ3) is 2.76. The fourth-order valence-corrected chi connectivity index (χ4v) is 2.65. The van der Waals surface area contributed by atoms with Crippen LogP contribution in [0.3, 0.4) is 0 Å². The standard InChI is InChI=1S/C13H15ClN2O4/c1-2-5-13(18)7-15(8-13)12(17)9-3-4-11(16(19)20)10(14)6-9/h3-4,6,18H,2,5,7-8H2,1H3. The highest BCUT2D eigenvalue weighted by Gasteiger charge is 2.42. The molecule has 0 bridgehead atoms. The van der Waals surface area contributed by atoms with E-state index in [0.717, 1.165) is 6.42 Å². The van der Waals surface area contributed by atoms with Crippen molar-refractivity contribution in [1.29, 1.82) is 0 Å². The zero-order valence-corrected chi connectivity index (χ0v) is 11.8. The van der Waals surface area contributed by atoms with Gasteiger partial charge >= 0.3 is 0 Å². The molecule has 0 atom stereocenters. The summed E-state index contributed by atoms with van der Waals surface area (Å²) in [7, 11) is 0. The molecule has 1 fully saturated rings. The zero-order valence-electron chi connectivity index (χ0n) is 11.0. The predicted molar refractivity (Wildman–Crippen MR) is 73.9 cm³/mol. The van der Waals surface area contributed by atoms with Crippen LogP contribution < -0.4 is 0 Å². The number of likely N-dealkylation sites (tertiary alicyclic amines) is 1. The molecule has 1 aromatic carbocycles. The van der Waals surface area contributed by atoms with Crippen LogP contribution in [0.5, 0.6) is 0 Å². The molecule has 1 aromatic rings. The molecule has 108 valence electrons. The van der Waals surface area contributed by atoms with E-state index >= 15 is 0 Å². The van der Waals surface area contributed by atoms with Crippen molar-refractivity contribution in [2.24, 2.45) is 0 Å². The van der Waals surface area contributed by atoms with Crippen molar-refractivity contribution in [2.45, 2.75) is 25.4 Å². The van der Waals surface area contributed by atoms with E-state index in [0.29, 0.717) is 12.0 Å². The first-order valence-corrected chi connectivity index (χ1v) is 6.70. The Labute approximate surface area is 121 Å². The Morgan fingerprint density at radius 3 is 2.70 bits per heavy atom. The van der Waals surface area contributed by atoms with Gasteiger partial charge in [-0.15, -0.1) is 0 Å². The average molecular weight is 299 g/mol. The molecule has 0 unspecified atom stereocenters. The van der Waals surface area contributed by atoms with Gasteiger partial charge in [-0.25, -0.2) is 0 Å². The molecule has 6 nitrogen and oxygen atoms in total. The lowest BCUT2D eigenvalue weighted by Gasteiger charge is -2.46. The average Bonchev–Trinajstić information content (AvgIpc) is 2.34. The van der Waals surface area contributed by atoms with Crippen molar-refractivity contribution in [1.82, 2.24) is 4.90 Å². The first kappa shape index (κ1) is 14.7. The Balaban J connectivity index is 2.08. The van der Waals surface area contributed by atoms with E-state index in [1.807, 2.05) is 6.92 Å². The predicted octanol–water partition coefficient (Wildman–Crippen LogP) is 2.24. The number of hydrogen-bond acceptors (Lipinski definition) is 4. The lowest BCUT2D eigenvalue weighted by Crippen LogP contribution is -2.63. The van der Waals surface area contributed by atoms with Crippen LogP contribution in [0, 0.1) is 10.1 Å². The number of halogens is 1. The van der Waals surface area contributed by atoms with Gasteiger partial charge in [0.05, 0.1) is 23.6 Å². The van der Waals surface area contributed by atoms with Crippen LogP contribution in [0.4, 0.5) is 5.69 Å². The van der Waals surface area contributed by atoms with E-state index in [1.54, 1.807) is 0 Å². The number of β-amino-alcohol motifs (C(OH)–C–C–N with tert-alkyl or cyclic N) is 1. The molecule has 0 aromatic heterocycles. The molecule has 1 heterocycles. The second-order valence-electron chi connectivity index (χ2n) is 5.06. The van der Waals surface area contributed by atoms with Crippen molar-refractivity contribution in [2.75, 3.05) is 13.1 Å². The van der Waals surface area contributed by atoms with Gasteiger partial charge in [0.1, 0.15) is 5.02 Å². The molecule has 1 N–H and O–H groups in total. The Hall–Kier alpha value is -1.66. The fraction of sp³-hybridized carbons (Fsp3) is 0.462. The lowest BCUT2D eigenvalue weighted by atomic mass is 9.89. The summed E-state index contributed by atoms with van der Waals surface area (Å²) in [5.74, 6) is -0.275. The van der Waals surface area contributed by atoms with Gasteiger partial charge in [-0.3, -0.25) is 14.9 Å². The fourth-order valence-electron chi connectivity index (χ4n) is 2.40. The molecule has 2 rings (SSSR count). The smallest absolute Gasteiger partial charge is 0.287 e. The van der Waals surface area contributed by atoms with Gasteiger partial charge < -0.3 is 10.0 Å². The third-order valence-electron chi connectivity index (χ3n) is 3.36. The largest absolute Gasteiger partial charge is 0.386 e. The molecule has 20 heavy (non-hydrogen) atoms. The van der Waals surface area contributed by atoms with E-state index in [2.05, 4.69) is 0 Å². The van der Waals surface area contributed by atoms with Gasteiger partial charge in [0.2, 0.25) is 0 Å². The van der Waals surface area contributed by atoms with Crippen molar-refractivity contribution < 1.29 is 14.8 Å². The molecule has 1 aliphatic heterocycles. The van der Waals surface area contributed by atoms with Crippen molar-refractivity contribution >= 4 is 23.2 Å². The molecule has 1 aliphatic rings. The maximum absolute atomic E-state index is 12.1. The number of hydrogen-bond donors (Lipinski definition) is 1. The second kappa shape index (κ2) is 5.38. The summed E-state index contributed by atoms with van der Waals surface area (Å²) in [4.78, 5) is 23.7. The van der Waals surface area contributed by atoms with Gasteiger partial charge in [-0.2, -0.15) is 0 Å². The van der Waals surface area contributed by atoms with Crippen molar-refractivity contribution in [3.8, 4) is 0 Å². The first-order chi connectivity index (χ1) is 9.36. The molecule has 0 saturated carbocycles. The maximum Gasteiger partial charge on any atom is 0.287 e. The SMILES string of the molecule is CCCC1(O)CN(C(=O)c2ccc([N+](=O)[O-])c(Cl)c2)C1. The van der Waals surface area contributed by atoms with Crippen LogP contribution in [0.25, 0.3) is 0 Å². The van der Waals surface area contributed by atoms with Crippen LogP contribution in [-0.2, 0) is 0 Å². The molecular formula is C13H15ClN2O4. The van der Waals surface area contributed by atoms with Crippen LogP contribution in [0.15, 0.2) is 18.2 Å². The van der Waals surface area contributed by atoms with Crippen LogP contribution in [0.1, 0.15) is 30.1 Å². The molecule has 0 spiro atoms. The third-order valence-corrected chi connectivity index (χ3v) is 3.67. The number of nitro groups is 1. The Morgan fingerprint density at radius 1 is 1.55 bits per heavy atom. The minimum atomic E-state index is -0.797. The second-order valence-corrected chi connectivity index (χ2v) is 5.47. The van der Waals surface area contributed by atoms with Gasteiger partial charge in [0.15, 0.2) is 0 Å². The quantitative estimate of drug-likeness (QED) is 0.682. The van der Waals surface area contributed by atoms with Crippen molar-refractivity contribution in [3.63, 3.8) is 0 Å². The maximum atomic E-state index is 12.1. The highest BCUT2D eigenvalue weighted by Crippen LogP contribution is 2.29. The lowest BCUT2D eigenvalue weighted by molar-refractivity contribution is -0.384. The molecule has 0 radical (unpaired) electrons. The van der Waals surface area contributed by atoms with E-state index in [-0.39, 0.29) is 29.7 Å². The molecule has 0 aliphatic carbocycles. The minimum absolute atomic E-state index is 0.0646. The van der Waals surface area contributed by atoms with Crippen LogP contribution >= 0.6 is 11.6 Å². The molecule has 1 saturated heterocycles. The number of nitrogens with zero attached hydrogens (tertiary/aromatic N) is 2. The molecule has 1 amide bonds. The first-order valence-electron chi connectivity index (χ1n) is 6.32. The van der Waals surface area contributed by atoms with E-state index in [1.165, 1.54) is 23.1 Å². The number of amides is 1. The summed E-state index contributed by atoms with van der Waals surface area (Å²) >= 11 is 5.78. The summed E-state index contributed by atoms with van der Waals surface area (Å²) in [6.45, 7) is 2.54. The Morgan fingerprint density at radius 2 is 2.20 bits per heavy atom. The number of rotatable bonds is 4. The van der Waals surface area contributed by atoms with Gasteiger partial charge in [-0.05, 0) is 18.6 Å². The number of benzene rings is 1. The number of carbonyl (C=O) groups is 1. The Kier molecular flexibility index (Phi) is 3.96. The number of carbonyl (C=O) groups excluding carboxylic acids is 1. The highest BCUT2D eigenvalue weighted by atomic mass is 35.5. The van der Waals surface area contributed by atoms with E-state index < -0.39 is 10.5 Å². The van der Waals surface area contributed by atoms with Gasteiger partial charge in [0, 0.05) is 11.6 Å². The molecule has 7 heteroatoms. The summed E-state index contributed by atoms with van der Waals surface area (Å²) in [5, 5.41) is 20.6. The number of aliphatic hydroxyl groups is 1. The summed E-state index contributed by atoms with van der Waals surface area (Å²) in [5.41, 5.74) is -0.733. The highest BCUT2D eigenvalue weighted by molar-refractivity contribution is 6.33. The molecular weight excluding hydrogens is 284 g/mol. The van der Waals surface area contributed by atoms with E-state index in [9.17, 15) is 20.0 Å². The zero-order chi connectivity index (χ0) is 14.9. The van der Waals surface area contributed by atoms with Crippen molar-refractivity contribution in [3.05, 3.63) is 38.9 Å². The Bertz CT molecular complexity index is 555. The van der Waals surface area contributed by atoms with Crippen LogP contribution in [0.2, 0.25) is 5.02 Å².